The lowest BCUT2D eigenvalue weighted by Gasteiger charge is -2.30. The van der Waals surface area contributed by atoms with Crippen molar-refractivity contribution in [2.45, 2.75) is 46.1 Å². The molecule has 7 nitrogen and oxygen atoms in total. The molecule has 1 aromatic rings. The first-order chi connectivity index (χ1) is 13.0. The Labute approximate surface area is 160 Å². The standard InChI is InChI=1S/C20H28N2O5/c1-4-25-18-11-15-10-13(3)27-17(15)12-16(18)21-19(23)14-6-8-22(9-7-14)20(24)26-5-2/h11-14H,4-10H2,1-3H3,(H,21,23)/t13-/m1/s1. The Bertz CT molecular complexity index is 698. The van der Waals surface area contributed by atoms with E-state index in [1.54, 1.807) is 11.8 Å². The summed E-state index contributed by atoms with van der Waals surface area (Å²) in [6.45, 7) is 7.67. The molecule has 1 aromatic carbocycles. The Balaban J connectivity index is 1.64. The van der Waals surface area contributed by atoms with Crippen molar-refractivity contribution in [3.8, 4) is 11.5 Å². The molecule has 3 rings (SSSR count). The van der Waals surface area contributed by atoms with Crippen LogP contribution in [0.25, 0.3) is 0 Å². The predicted octanol–water partition coefficient (Wildman–Crippen LogP) is 3.22. The van der Waals surface area contributed by atoms with Gasteiger partial charge in [0.05, 0.1) is 18.9 Å². The number of nitrogens with zero attached hydrogens (tertiary/aromatic N) is 1. The van der Waals surface area contributed by atoms with Crippen molar-refractivity contribution in [2.24, 2.45) is 5.92 Å². The average Bonchev–Trinajstić information content (AvgIpc) is 3.01. The van der Waals surface area contributed by atoms with Crippen LogP contribution in [-0.4, -0.2) is 49.3 Å². The third-order valence-electron chi connectivity index (χ3n) is 4.95. The van der Waals surface area contributed by atoms with Gasteiger partial charge in [-0.1, -0.05) is 0 Å². The molecule has 2 aliphatic rings. The molecule has 0 bridgehead atoms. The summed E-state index contributed by atoms with van der Waals surface area (Å²) in [6, 6.07) is 3.82. The number of hydrogen-bond donors (Lipinski definition) is 1. The molecule has 0 aliphatic carbocycles. The van der Waals surface area contributed by atoms with Crippen molar-refractivity contribution in [1.29, 1.82) is 0 Å². The van der Waals surface area contributed by atoms with Gasteiger partial charge in [-0.25, -0.2) is 4.79 Å². The van der Waals surface area contributed by atoms with Gasteiger partial charge in [0.1, 0.15) is 17.6 Å². The van der Waals surface area contributed by atoms with E-state index in [0.717, 1.165) is 17.7 Å². The highest BCUT2D eigenvalue weighted by atomic mass is 16.6. The number of rotatable bonds is 5. The molecule has 0 saturated carbocycles. The molecule has 2 heterocycles. The van der Waals surface area contributed by atoms with Crippen LogP contribution in [0.15, 0.2) is 12.1 Å². The van der Waals surface area contributed by atoms with Crippen molar-refractivity contribution < 1.29 is 23.8 Å². The van der Waals surface area contributed by atoms with E-state index in [0.29, 0.717) is 50.6 Å². The van der Waals surface area contributed by atoms with E-state index in [2.05, 4.69) is 5.32 Å². The van der Waals surface area contributed by atoms with Crippen LogP contribution < -0.4 is 14.8 Å². The van der Waals surface area contributed by atoms with Crippen LogP contribution in [0.2, 0.25) is 0 Å². The van der Waals surface area contributed by atoms with Gasteiger partial charge in [0.2, 0.25) is 5.91 Å². The van der Waals surface area contributed by atoms with Gasteiger partial charge in [0, 0.05) is 37.1 Å². The number of carbonyl (C=O) groups is 2. The normalized spacial score (nSPS) is 19.2. The van der Waals surface area contributed by atoms with E-state index in [4.69, 9.17) is 14.2 Å². The Morgan fingerprint density at radius 3 is 2.63 bits per heavy atom. The molecular formula is C20H28N2O5. The number of anilines is 1. The molecule has 2 amide bonds. The molecule has 1 N–H and O–H groups in total. The smallest absolute Gasteiger partial charge is 0.409 e. The van der Waals surface area contributed by atoms with Gasteiger partial charge in [-0.15, -0.1) is 0 Å². The maximum atomic E-state index is 12.7. The fraction of sp³-hybridized carbons (Fsp3) is 0.600. The van der Waals surface area contributed by atoms with Gasteiger partial charge in [-0.3, -0.25) is 4.79 Å². The second-order valence-corrected chi connectivity index (χ2v) is 6.97. The molecule has 0 spiro atoms. The Morgan fingerprint density at radius 1 is 1.22 bits per heavy atom. The number of likely N-dealkylation sites (tertiary alicyclic amines) is 1. The number of hydrogen-bond acceptors (Lipinski definition) is 5. The topological polar surface area (TPSA) is 77.1 Å². The lowest BCUT2D eigenvalue weighted by Crippen LogP contribution is -2.41. The Kier molecular flexibility index (Phi) is 6.08. The van der Waals surface area contributed by atoms with Gasteiger partial charge in [0.15, 0.2) is 0 Å². The quantitative estimate of drug-likeness (QED) is 0.854. The first-order valence-corrected chi connectivity index (χ1v) is 9.70. The number of carbonyl (C=O) groups excluding carboxylic acids is 2. The van der Waals surface area contributed by atoms with Crippen LogP contribution in [0.5, 0.6) is 11.5 Å². The number of fused-ring (bicyclic) bond motifs is 1. The zero-order chi connectivity index (χ0) is 19.4. The highest BCUT2D eigenvalue weighted by molar-refractivity contribution is 5.94. The molecular weight excluding hydrogens is 348 g/mol. The monoisotopic (exact) mass is 376 g/mol. The summed E-state index contributed by atoms with van der Waals surface area (Å²) in [5, 5.41) is 3.00. The zero-order valence-corrected chi connectivity index (χ0v) is 16.2. The lowest BCUT2D eigenvalue weighted by molar-refractivity contribution is -0.121. The number of amides is 2. The zero-order valence-electron chi connectivity index (χ0n) is 16.2. The number of nitrogens with one attached hydrogen (secondary N) is 1. The van der Waals surface area contributed by atoms with Crippen molar-refractivity contribution in [1.82, 2.24) is 4.90 Å². The molecule has 148 valence electrons. The van der Waals surface area contributed by atoms with Crippen molar-refractivity contribution >= 4 is 17.7 Å². The minimum absolute atomic E-state index is 0.0505. The first-order valence-electron chi connectivity index (χ1n) is 9.70. The summed E-state index contributed by atoms with van der Waals surface area (Å²) in [5.74, 6) is 1.29. The fourth-order valence-electron chi connectivity index (χ4n) is 3.59. The fourth-order valence-corrected chi connectivity index (χ4v) is 3.59. The van der Waals surface area contributed by atoms with E-state index in [9.17, 15) is 9.59 Å². The highest BCUT2D eigenvalue weighted by Gasteiger charge is 2.29. The minimum atomic E-state index is -0.306. The maximum Gasteiger partial charge on any atom is 0.409 e. The second kappa shape index (κ2) is 8.50. The van der Waals surface area contributed by atoms with Crippen LogP contribution in [0.3, 0.4) is 0 Å². The van der Waals surface area contributed by atoms with Gasteiger partial charge in [-0.05, 0) is 39.7 Å². The summed E-state index contributed by atoms with van der Waals surface area (Å²) in [5.41, 5.74) is 1.74. The molecule has 1 atom stereocenters. The molecule has 0 radical (unpaired) electrons. The highest BCUT2D eigenvalue weighted by Crippen LogP contribution is 2.38. The van der Waals surface area contributed by atoms with Crippen LogP contribution >= 0.6 is 0 Å². The summed E-state index contributed by atoms with van der Waals surface area (Å²) in [6.07, 6.45) is 1.91. The minimum Gasteiger partial charge on any atom is -0.492 e. The Hall–Kier alpha value is -2.44. The van der Waals surface area contributed by atoms with Crippen LogP contribution in [0.4, 0.5) is 10.5 Å². The number of benzene rings is 1. The third-order valence-corrected chi connectivity index (χ3v) is 4.95. The summed E-state index contributed by atoms with van der Waals surface area (Å²) in [7, 11) is 0. The van der Waals surface area contributed by atoms with E-state index < -0.39 is 0 Å². The van der Waals surface area contributed by atoms with Crippen molar-refractivity contribution in [3.63, 3.8) is 0 Å². The molecule has 0 unspecified atom stereocenters. The van der Waals surface area contributed by atoms with Crippen LogP contribution in [0.1, 0.15) is 39.2 Å². The summed E-state index contributed by atoms with van der Waals surface area (Å²) < 4.78 is 16.6. The van der Waals surface area contributed by atoms with Gasteiger partial charge >= 0.3 is 6.09 Å². The molecule has 0 aromatic heterocycles. The predicted molar refractivity (Wildman–Crippen MR) is 101 cm³/mol. The van der Waals surface area contributed by atoms with E-state index in [1.165, 1.54) is 0 Å². The third kappa shape index (κ3) is 4.46. The molecule has 7 heteroatoms. The van der Waals surface area contributed by atoms with Gasteiger partial charge < -0.3 is 24.4 Å². The van der Waals surface area contributed by atoms with Crippen molar-refractivity contribution in [2.75, 3.05) is 31.6 Å². The first kappa shape index (κ1) is 19.3. The molecule has 1 fully saturated rings. The second-order valence-electron chi connectivity index (χ2n) is 6.97. The van der Waals surface area contributed by atoms with E-state index in [1.807, 2.05) is 26.0 Å². The van der Waals surface area contributed by atoms with E-state index >= 15 is 0 Å². The van der Waals surface area contributed by atoms with Crippen LogP contribution in [0, 0.1) is 5.92 Å². The number of ether oxygens (including phenoxy) is 3. The molecule has 1 saturated heterocycles. The largest absolute Gasteiger partial charge is 0.492 e. The average molecular weight is 376 g/mol. The molecule has 2 aliphatic heterocycles. The van der Waals surface area contributed by atoms with Crippen LogP contribution in [-0.2, 0) is 16.0 Å². The summed E-state index contributed by atoms with van der Waals surface area (Å²) >= 11 is 0. The number of piperidine rings is 1. The van der Waals surface area contributed by atoms with Gasteiger partial charge in [-0.2, -0.15) is 0 Å². The van der Waals surface area contributed by atoms with Gasteiger partial charge in [0.25, 0.3) is 0 Å². The SMILES string of the molecule is CCOC(=O)N1CCC(C(=O)Nc2cc3c(cc2OCC)C[C@@H](C)O3)CC1. The maximum absolute atomic E-state index is 12.7. The van der Waals surface area contributed by atoms with E-state index in [-0.39, 0.29) is 24.0 Å². The molecule has 27 heavy (non-hydrogen) atoms. The van der Waals surface area contributed by atoms with Crippen molar-refractivity contribution in [3.05, 3.63) is 17.7 Å². The summed E-state index contributed by atoms with van der Waals surface area (Å²) in [4.78, 5) is 26.2. The Morgan fingerprint density at radius 2 is 1.96 bits per heavy atom. The lowest BCUT2D eigenvalue weighted by atomic mass is 9.96.